The number of carbonyl (C=O) groups excluding carboxylic acids is 4. The Labute approximate surface area is 180 Å². The summed E-state index contributed by atoms with van der Waals surface area (Å²) in [5.41, 5.74) is 0. The van der Waals surface area contributed by atoms with E-state index in [9.17, 15) is 29.4 Å². The van der Waals surface area contributed by atoms with E-state index >= 15 is 0 Å². The molecule has 0 rings (SSSR count). The number of aliphatic hydroxyl groups is 8. The molecule has 8 N–H and O–H groups in total. The van der Waals surface area contributed by atoms with Crippen LogP contribution >= 0.6 is 0 Å². The molecule has 27 heavy (non-hydrogen) atoms. The fourth-order valence-corrected chi connectivity index (χ4v) is 1.22. The SMILES string of the molecule is O=C[C@H](O)[C@@H](O)[C@@H](O)[C@H](O)C(=O)[O-].O=C[C@H](O)[C@@H](O)[C@@H](O)[C@H](O)C(=O)[O-].[Ca+2]. The van der Waals surface area contributed by atoms with Crippen LogP contribution in [0.15, 0.2) is 0 Å². The summed E-state index contributed by atoms with van der Waals surface area (Å²) >= 11 is 0. The Morgan fingerprint density at radius 2 is 0.815 bits per heavy atom. The Morgan fingerprint density at radius 1 is 0.593 bits per heavy atom. The van der Waals surface area contributed by atoms with Crippen molar-refractivity contribution >= 4 is 62.2 Å². The molecule has 0 aliphatic carbocycles. The van der Waals surface area contributed by atoms with E-state index in [-0.39, 0.29) is 50.3 Å². The van der Waals surface area contributed by atoms with Crippen LogP contribution in [0.3, 0.4) is 0 Å². The molecule has 0 aromatic carbocycles. The van der Waals surface area contributed by atoms with Crippen molar-refractivity contribution in [2.24, 2.45) is 0 Å². The maximum Gasteiger partial charge on any atom is 2.00 e. The number of hydrogen-bond donors (Lipinski definition) is 8. The standard InChI is InChI=1S/2C6H10O7.Ca/c2*7-1-2(8)3(9)4(10)5(11)6(12)13;/h2*1-5,8-11H,(H,12,13);/q;;+2/p-2/t2*2-,3+,4+,5-;/m00./s1. The molecule has 0 saturated carbocycles. The summed E-state index contributed by atoms with van der Waals surface area (Å²) in [6.45, 7) is 0. The van der Waals surface area contributed by atoms with Gasteiger partial charge < -0.3 is 70.2 Å². The van der Waals surface area contributed by atoms with E-state index in [2.05, 4.69) is 0 Å². The van der Waals surface area contributed by atoms with Crippen molar-refractivity contribution in [1.82, 2.24) is 0 Å². The van der Waals surface area contributed by atoms with Crippen LogP contribution < -0.4 is 10.2 Å². The summed E-state index contributed by atoms with van der Waals surface area (Å²) in [5.74, 6) is -4.02. The first-order valence-electron chi connectivity index (χ1n) is 6.60. The van der Waals surface area contributed by atoms with Gasteiger partial charge in [0.2, 0.25) is 0 Å². The Hall–Kier alpha value is -0.780. The maximum atomic E-state index is 9.95. The minimum absolute atomic E-state index is 0. The number of aldehydes is 2. The molecular formula is C12H18CaO14. The van der Waals surface area contributed by atoms with E-state index in [0.717, 1.165) is 0 Å². The normalized spacial score (nSPS) is 19.3. The van der Waals surface area contributed by atoms with Crippen molar-refractivity contribution < 1.29 is 70.2 Å². The number of aliphatic carboxylic acids is 2. The average molecular weight is 426 g/mol. The van der Waals surface area contributed by atoms with Gasteiger partial charge in [0.15, 0.2) is 12.6 Å². The minimum atomic E-state index is -2.36. The van der Waals surface area contributed by atoms with Crippen molar-refractivity contribution in [3.05, 3.63) is 0 Å². The van der Waals surface area contributed by atoms with Crippen molar-refractivity contribution in [3.63, 3.8) is 0 Å². The van der Waals surface area contributed by atoms with Crippen LogP contribution in [0.5, 0.6) is 0 Å². The fraction of sp³-hybridized carbons (Fsp3) is 0.667. The van der Waals surface area contributed by atoms with Gasteiger partial charge in [-0.1, -0.05) is 0 Å². The van der Waals surface area contributed by atoms with E-state index in [1.807, 2.05) is 0 Å². The second-order valence-corrected chi connectivity index (χ2v) is 4.74. The van der Waals surface area contributed by atoms with Gasteiger partial charge in [-0.15, -0.1) is 0 Å². The smallest absolute Gasteiger partial charge is 0.547 e. The van der Waals surface area contributed by atoms with Gasteiger partial charge in [0.25, 0.3) is 0 Å². The zero-order valence-electron chi connectivity index (χ0n) is 13.5. The second-order valence-electron chi connectivity index (χ2n) is 4.74. The topological polar surface area (TPSA) is 276 Å². The van der Waals surface area contributed by atoms with E-state index in [4.69, 9.17) is 40.9 Å². The van der Waals surface area contributed by atoms with Crippen LogP contribution in [0.1, 0.15) is 0 Å². The largest absolute Gasteiger partial charge is 2.00 e. The second kappa shape index (κ2) is 15.2. The van der Waals surface area contributed by atoms with E-state index in [1.54, 1.807) is 0 Å². The van der Waals surface area contributed by atoms with Crippen molar-refractivity contribution in [3.8, 4) is 0 Å². The summed E-state index contributed by atoms with van der Waals surface area (Å²) in [5, 5.41) is 89.7. The number of carboxylic acids is 2. The van der Waals surface area contributed by atoms with Crippen molar-refractivity contribution in [1.29, 1.82) is 0 Å². The maximum absolute atomic E-state index is 9.95. The number of aliphatic hydroxyl groups excluding tert-OH is 8. The Morgan fingerprint density at radius 3 is 0.963 bits per heavy atom. The zero-order chi connectivity index (χ0) is 21.2. The molecule has 0 aromatic heterocycles. The first-order chi connectivity index (χ1) is 11.8. The minimum Gasteiger partial charge on any atom is -0.547 e. The molecule has 0 aromatic rings. The van der Waals surface area contributed by atoms with Crippen LogP contribution in [-0.4, -0.2) is 152 Å². The summed E-state index contributed by atoms with van der Waals surface area (Å²) in [4.78, 5) is 39.7. The van der Waals surface area contributed by atoms with Crippen LogP contribution in [-0.2, 0) is 19.2 Å². The van der Waals surface area contributed by atoms with Gasteiger partial charge in [0.1, 0.15) is 48.8 Å². The summed E-state index contributed by atoms with van der Waals surface area (Å²) < 4.78 is 0. The van der Waals surface area contributed by atoms with Gasteiger partial charge in [-0.25, -0.2) is 0 Å². The van der Waals surface area contributed by atoms with E-state index in [1.165, 1.54) is 0 Å². The van der Waals surface area contributed by atoms with Gasteiger partial charge in [0, 0.05) is 0 Å². The molecule has 0 fully saturated rings. The third-order valence-electron chi connectivity index (χ3n) is 2.81. The Kier molecular flexibility index (Phi) is 17.4. The molecular weight excluding hydrogens is 408 g/mol. The van der Waals surface area contributed by atoms with E-state index in [0.29, 0.717) is 0 Å². The summed E-state index contributed by atoms with van der Waals surface area (Å²) in [7, 11) is 0. The quantitative estimate of drug-likeness (QED) is 0.119. The van der Waals surface area contributed by atoms with Crippen molar-refractivity contribution in [2.75, 3.05) is 0 Å². The molecule has 8 atom stereocenters. The van der Waals surface area contributed by atoms with Gasteiger partial charge >= 0.3 is 37.7 Å². The number of rotatable bonds is 10. The molecule has 0 spiro atoms. The summed E-state index contributed by atoms with van der Waals surface area (Å²) in [6, 6.07) is 0. The van der Waals surface area contributed by atoms with Gasteiger partial charge in [-0.2, -0.15) is 0 Å². The molecule has 0 amide bonds. The molecule has 0 heterocycles. The third-order valence-corrected chi connectivity index (χ3v) is 2.81. The predicted molar refractivity (Wildman–Crippen MR) is 76.0 cm³/mol. The summed E-state index contributed by atoms with van der Waals surface area (Å²) in [6.07, 6.45) is -17.3. The number of carboxylic acid groups (broad SMARTS) is 2. The first-order valence-corrected chi connectivity index (χ1v) is 6.60. The van der Waals surface area contributed by atoms with Crippen LogP contribution in [0.4, 0.5) is 0 Å². The van der Waals surface area contributed by atoms with Crippen LogP contribution in [0.25, 0.3) is 0 Å². The molecule has 0 aliphatic rings. The monoisotopic (exact) mass is 426 g/mol. The Bertz CT molecular complexity index is 431. The molecule has 0 bridgehead atoms. The molecule has 0 radical (unpaired) electrons. The van der Waals surface area contributed by atoms with Crippen LogP contribution in [0, 0.1) is 0 Å². The average Bonchev–Trinajstić information content (AvgIpc) is 2.62. The van der Waals surface area contributed by atoms with E-state index < -0.39 is 60.8 Å². The molecule has 152 valence electrons. The number of hydrogen-bond acceptors (Lipinski definition) is 14. The molecule has 0 unspecified atom stereocenters. The predicted octanol–water partition coefficient (Wildman–Crippen LogP) is -9.62. The van der Waals surface area contributed by atoms with Gasteiger partial charge in [-0.05, 0) is 0 Å². The zero-order valence-corrected chi connectivity index (χ0v) is 15.7. The van der Waals surface area contributed by atoms with Crippen LogP contribution in [0.2, 0.25) is 0 Å². The number of carbonyl (C=O) groups is 4. The Balaban J connectivity index is -0.000000411. The van der Waals surface area contributed by atoms with Gasteiger partial charge in [0.05, 0.1) is 11.9 Å². The molecule has 0 saturated heterocycles. The molecule has 15 heteroatoms. The molecule has 14 nitrogen and oxygen atoms in total. The van der Waals surface area contributed by atoms with Crippen molar-refractivity contribution in [2.45, 2.75) is 48.8 Å². The fourth-order valence-electron chi connectivity index (χ4n) is 1.22. The van der Waals surface area contributed by atoms with Gasteiger partial charge in [-0.3, -0.25) is 0 Å². The third kappa shape index (κ3) is 11.0. The first kappa shape index (κ1) is 30.9. The molecule has 0 aliphatic heterocycles.